The van der Waals surface area contributed by atoms with Crippen molar-refractivity contribution in [1.82, 2.24) is 0 Å². The summed E-state index contributed by atoms with van der Waals surface area (Å²) in [7, 11) is -3.80. The normalized spacial score (nSPS) is 41.9. The largest absolute Gasteiger partial charge is 0.300 e. The van der Waals surface area contributed by atoms with Crippen molar-refractivity contribution in [3.63, 3.8) is 0 Å². The number of carbonyl (C=O) groups is 2. The first kappa shape index (κ1) is 24.2. The van der Waals surface area contributed by atoms with Gasteiger partial charge in [0, 0.05) is 18.3 Å². The fourth-order valence-corrected chi connectivity index (χ4v) is 9.84. The molecule has 0 saturated heterocycles. The predicted octanol–water partition coefficient (Wildman–Crippen LogP) is 5.50. The van der Waals surface area contributed by atoms with E-state index in [1.807, 2.05) is 6.92 Å². The number of aryl methyl sites for hydroxylation is 1. The summed E-state index contributed by atoms with van der Waals surface area (Å²) >= 11 is 0. The summed E-state index contributed by atoms with van der Waals surface area (Å²) in [6.45, 7) is 8.09. The molecule has 0 spiro atoms. The second kappa shape index (κ2) is 8.26. The maximum absolute atomic E-state index is 13.7. The second-order valence-corrected chi connectivity index (χ2v) is 13.7. The standard InChI is InChI=1S/C28H38O5S/c1-17-5-8-21(9-6-17)34(31,32)33-20-13-14-27(3)19(15-20)7-10-22-24-12-11-23(18(2)29)28(24,4)16-25(30)26(22)27/h5-6,8-9,19-20,22-24,26H,7,10-16H2,1-4H3/t19-,20+,22-,23-,24+,26+,27-,28+/m0/s1. The number of benzene rings is 1. The average molecular weight is 487 g/mol. The third-order valence-electron chi connectivity index (χ3n) is 10.4. The highest BCUT2D eigenvalue weighted by Crippen LogP contribution is 2.66. The molecule has 6 heteroatoms. The molecule has 0 heterocycles. The lowest BCUT2D eigenvalue weighted by Gasteiger charge is -2.59. The van der Waals surface area contributed by atoms with Gasteiger partial charge in [-0.05, 0) is 99.5 Å². The van der Waals surface area contributed by atoms with Crippen LogP contribution in [0.2, 0.25) is 0 Å². The van der Waals surface area contributed by atoms with E-state index < -0.39 is 10.1 Å². The van der Waals surface area contributed by atoms with Crippen LogP contribution in [-0.4, -0.2) is 26.1 Å². The molecule has 8 atom stereocenters. The summed E-state index contributed by atoms with van der Waals surface area (Å²) in [6.07, 6.45) is 6.33. The van der Waals surface area contributed by atoms with Gasteiger partial charge in [-0.1, -0.05) is 31.5 Å². The highest BCUT2D eigenvalue weighted by atomic mass is 32.2. The minimum absolute atomic E-state index is 0.0176. The number of hydrogen-bond donors (Lipinski definition) is 0. The van der Waals surface area contributed by atoms with Crippen LogP contribution in [0.4, 0.5) is 0 Å². The van der Waals surface area contributed by atoms with Crippen molar-refractivity contribution < 1.29 is 22.2 Å². The van der Waals surface area contributed by atoms with E-state index in [0.717, 1.165) is 37.7 Å². The number of rotatable bonds is 4. The van der Waals surface area contributed by atoms with Crippen molar-refractivity contribution in [2.45, 2.75) is 90.1 Å². The number of hydrogen-bond acceptors (Lipinski definition) is 5. The summed E-state index contributed by atoms with van der Waals surface area (Å²) in [6, 6.07) is 6.79. The minimum Gasteiger partial charge on any atom is -0.300 e. The van der Waals surface area contributed by atoms with Crippen LogP contribution >= 0.6 is 0 Å². The topological polar surface area (TPSA) is 77.5 Å². The molecule has 0 amide bonds. The van der Waals surface area contributed by atoms with Crippen LogP contribution in [-0.2, 0) is 23.9 Å². The minimum atomic E-state index is -3.80. The molecule has 0 bridgehead atoms. The fraction of sp³-hybridized carbons (Fsp3) is 0.714. The Kier molecular flexibility index (Phi) is 5.87. The monoisotopic (exact) mass is 486 g/mol. The predicted molar refractivity (Wildman–Crippen MR) is 130 cm³/mol. The van der Waals surface area contributed by atoms with Crippen LogP contribution < -0.4 is 0 Å². The van der Waals surface area contributed by atoms with Crippen LogP contribution in [0.15, 0.2) is 29.2 Å². The average Bonchev–Trinajstić information content (AvgIpc) is 3.10. The van der Waals surface area contributed by atoms with Crippen LogP contribution in [0.25, 0.3) is 0 Å². The lowest BCUT2D eigenvalue weighted by molar-refractivity contribution is -0.161. The number of fused-ring (bicyclic) bond motifs is 5. The van der Waals surface area contributed by atoms with Gasteiger partial charge in [0.25, 0.3) is 10.1 Å². The van der Waals surface area contributed by atoms with E-state index in [1.54, 1.807) is 31.2 Å². The van der Waals surface area contributed by atoms with Gasteiger partial charge in [-0.25, -0.2) is 0 Å². The van der Waals surface area contributed by atoms with Crippen molar-refractivity contribution in [3.05, 3.63) is 29.8 Å². The Morgan fingerprint density at radius 1 is 1.00 bits per heavy atom. The van der Waals surface area contributed by atoms with Gasteiger partial charge in [0.1, 0.15) is 11.6 Å². The zero-order valence-electron chi connectivity index (χ0n) is 20.9. The quantitative estimate of drug-likeness (QED) is 0.526. The molecule has 4 aliphatic carbocycles. The maximum Gasteiger partial charge on any atom is 0.297 e. The molecule has 4 aliphatic rings. The zero-order valence-corrected chi connectivity index (χ0v) is 21.7. The van der Waals surface area contributed by atoms with E-state index in [2.05, 4.69) is 13.8 Å². The Balaban J connectivity index is 1.34. The Labute approximate surface area is 204 Å². The molecule has 0 radical (unpaired) electrons. The van der Waals surface area contributed by atoms with E-state index in [-0.39, 0.29) is 39.4 Å². The molecule has 0 unspecified atom stereocenters. The van der Waals surface area contributed by atoms with Gasteiger partial charge >= 0.3 is 0 Å². The molecule has 0 aliphatic heterocycles. The fourth-order valence-electron chi connectivity index (χ4n) is 8.73. The summed E-state index contributed by atoms with van der Waals surface area (Å²) in [5.41, 5.74) is 0.716. The van der Waals surface area contributed by atoms with Crippen molar-refractivity contribution in [2.24, 2.45) is 40.4 Å². The number of ketones is 2. The van der Waals surface area contributed by atoms with Gasteiger partial charge in [-0.3, -0.25) is 13.8 Å². The van der Waals surface area contributed by atoms with E-state index in [1.165, 1.54) is 0 Å². The molecule has 5 nitrogen and oxygen atoms in total. The summed E-state index contributed by atoms with van der Waals surface area (Å²) in [5, 5.41) is 0. The highest BCUT2D eigenvalue weighted by molar-refractivity contribution is 7.86. The van der Waals surface area contributed by atoms with Crippen molar-refractivity contribution in [2.75, 3.05) is 0 Å². The van der Waals surface area contributed by atoms with Gasteiger partial charge < -0.3 is 0 Å². The lowest BCUT2D eigenvalue weighted by atomic mass is 9.44. The van der Waals surface area contributed by atoms with Crippen molar-refractivity contribution >= 4 is 21.7 Å². The third kappa shape index (κ3) is 3.71. The molecule has 34 heavy (non-hydrogen) atoms. The van der Waals surface area contributed by atoms with E-state index >= 15 is 0 Å². The molecule has 4 saturated carbocycles. The molecule has 0 N–H and O–H groups in total. The zero-order chi connectivity index (χ0) is 24.5. The SMILES string of the molecule is CC(=O)[C@@H]1CC[C@@H]2[C@@H]3CC[C@H]4C[C@H](OS(=O)(=O)c5ccc(C)cc5)CC[C@]4(C)[C@H]3C(=O)C[C@@]21C. The maximum atomic E-state index is 13.7. The van der Waals surface area contributed by atoms with Crippen LogP contribution in [0.1, 0.15) is 77.7 Å². The molecule has 5 rings (SSSR count). The first-order valence-corrected chi connectivity index (χ1v) is 14.4. The molecule has 0 aromatic heterocycles. The number of carbonyl (C=O) groups excluding carboxylic acids is 2. The highest BCUT2D eigenvalue weighted by Gasteiger charge is 2.63. The number of Topliss-reactive ketones (excluding diaryl/α,β-unsaturated/α-hetero) is 2. The first-order valence-electron chi connectivity index (χ1n) is 13.0. The Morgan fingerprint density at radius 3 is 2.38 bits per heavy atom. The lowest BCUT2D eigenvalue weighted by Crippen LogP contribution is -2.58. The summed E-state index contributed by atoms with van der Waals surface area (Å²) in [4.78, 5) is 26.3. The summed E-state index contributed by atoms with van der Waals surface area (Å²) in [5.74, 6) is 1.72. The van der Waals surface area contributed by atoms with Gasteiger partial charge in [0.05, 0.1) is 11.0 Å². The van der Waals surface area contributed by atoms with E-state index in [0.29, 0.717) is 42.8 Å². The van der Waals surface area contributed by atoms with Gasteiger partial charge in [-0.15, -0.1) is 0 Å². The van der Waals surface area contributed by atoms with E-state index in [9.17, 15) is 18.0 Å². The van der Waals surface area contributed by atoms with Gasteiger partial charge in [0.15, 0.2) is 0 Å². The van der Waals surface area contributed by atoms with E-state index in [4.69, 9.17) is 4.18 Å². The molecule has 4 fully saturated rings. The van der Waals surface area contributed by atoms with Crippen LogP contribution in [0, 0.1) is 47.3 Å². The van der Waals surface area contributed by atoms with Gasteiger partial charge in [-0.2, -0.15) is 8.42 Å². The Hall–Kier alpha value is -1.53. The summed E-state index contributed by atoms with van der Waals surface area (Å²) < 4.78 is 31.5. The van der Waals surface area contributed by atoms with Crippen molar-refractivity contribution in [3.8, 4) is 0 Å². The molecular formula is C28H38O5S. The first-order chi connectivity index (χ1) is 16.0. The third-order valence-corrected chi connectivity index (χ3v) is 11.7. The molecule has 186 valence electrons. The Morgan fingerprint density at radius 2 is 1.71 bits per heavy atom. The molecule has 1 aromatic rings. The van der Waals surface area contributed by atoms with Crippen molar-refractivity contribution in [1.29, 1.82) is 0 Å². The molecule has 1 aromatic carbocycles. The van der Waals surface area contributed by atoms with Crippen LogP contribution in [0.3, 0.4) is 0 Å². The smallest absolute Gasteiger partial charge is 0.297 e. The molecular weight excluding hydrogens is 448 g/mol. The van der Waals surface area contributed by atoms with Crippen LogP contribution in [0.5, 0.6) is 0 Å². The van der Waals surface area contributed by atoms with Gasteiger partial charge in [0.2, 0.25) is 0 Å². The Bertz CT molecular complexity index is 1090. The second-order valence-electron chi connectivity index (χ2n) is 12.2.